The second-order valence-electron chi connectivity index (χ2n) is 8.72. The summed E-state index contributed by atoms with van der Waals surface area (Å²) in [6.07, 6.45) is 3.37. The van der Waals surface area contributed by atoms with Crippen LogP contribution in [0.5, 0.6) is 5.75 Å². The van der Waals surface area contributed by atoms with E-state index in [1.54, 1.807) is 23.9 Å². The van der Waals surface area contributed by atoms with Gasteiger partial charge in [-0.25, -0.2) is 4.98 Å². The standard InChI is InChI=1S/C26H27N5O4/c1-16-5-3-11-30-23(16)29-24-21(26(30)33)13-20(22(27)31(24)15-19-6-4-12-35-19)25(32)28-14-17-7-9-18(34-2)10-8-17/h3,5,7-11,13,19,27H,4,6,12,14-15H2,1-2H3,(H,28,32)/t19-/m1/s1. The monoisotopic (exact) mass is 473 g/mol. The largest absolute Gasteiger partial charge is 0.497 e. The van der Waals surface area contributed by atoms with Crippen molar-refractivity contribution in [3.05, 3.63) is 81.2 Å². The molecule has 1 aliphatic heterocycles. The fourth-order valence-electron chi connectivity index (χ4n) is 4.46. The van der Waals surface area contributed by atoms with Crippen LogP contribution in [0.25, 0.3) is 16.7 Å². The Morgan fingerprint density at radius 3 is 2.77 bits per heavy atom. The van der Waals surface area contributed by atoms with Crippen molar-refractivity contribution < 1.29 is 14.3 Å². The maximum Gasteiger partial charge on any atom is 0.267 e. The molecule has 180 valence electrons. The summed E-state index contributed by atoms with van der Waals surface area (Å²) >= 11 is 0. The van der Waals surface area contributed by atoms with Gasteiger partial charge in [-0.3, -0.25) is 19.4 Å². The summed E-state index contributed by atoms with van der Waals surface area (Å²) in [5.41, 5.74) is 2.50. The molecule has 2 N–H and O–H groups in total. The number of amides is 1. The van der Waals surface area contributed by atoms with E-state index in [1.807, 2.05) is 37.3 Å². The zero-order valence-electron chi connectivity index (χ0n) is 19.7. The average molecular weight is 474 g/mol. The normalized spacial score (nSPS) is 15.5. The van der Waals surface area contributed by atoms with Crippen LogP contribution < -0.4 is 21.1 Å². The molecule has 0 radical (unpaired) electrons. The number of ether oxygens (including phenoxy) is 2. The Hall–Kier alpha value is -3.98. The van der Waals surface area contributed by atoms with Gasteiger partial charge >= 0.3 is 0 Å². The molecule has 9 heteroatoms. The molecule has 5 rings (SSSR count). The maximum atomic E-state index is 13.4. The number of aryl methyl sites for hydroxylation is 1. The molecule has 1 fully saturated rings. The number of carbonyl (C=O) groups is 1. The lowest BCUT2D eigenvalue weighted by Gasteiger charge is -2.18. The van der Waals surface area contributed by atoms with Crippen LogP contribution in [0.2, 0.25) is 0 Å². The van der Waals surface area contributed by atoms with Gasteiger partial charge in [0.2, 0.25) is 0 Å². The van der Waals surface area contributed by atoms with Gasteiger partial charge in [-0.15, -0.1) is 0 Å². The molecule has 3 aromatic heterocycles. The SMILES string of the molecule is COc1ccc(CNC(=O)c2cc3c(=O)n4cccc(C)c4nc3n(C[C@H]3CCCO3)c2=N)cc1. The third kappa shape index (κ3) is 4.30. The first kappa shape index (κ1) is 22.8. The summed E-state index contributed by atoms with van der Waals surface area (Å²) < 4.78 is 14.1. The third-order valence-electron chi connectivity index (χ3n) is 6.40. The second-order valence-corrected chi connectivity index (χ2v) is 8.72. The Labute approximate surface area is 201 Å². The van der Waals surface area contributed by atoms with Gasteiger partial charge in [-0.1, -0.05) is 18.2 Å². The zero-order chi connectivity index (χ0) is 24.5. The molecule has 4 aromatic rings. The van der Waals surface area contributed by atoms with Crippen molar-refractivity contribution in [2.45, 2.75) is 39.0 Å². The minimum Gasteiger partial charge on any atom is -0.497 e. The number of nitrogens with zero attached hydrogens (tertiary/aromatic N) is 3. The number of carbonyl (C=O) groups excluding carboxylic acids is 1. The van der Waals surface area contributed by atoms with Gasteiger partial charge in [0.1, 0.15) is 22.5 Å². The predicted molar refractivity (Wildman–Crippen MR) is 131 cm³/mol. The third-order valence-corrected chi connectivity index (χ3v) is 6.40. The molecule has 1 aromatic carbocycles. The van der Waals surface area contributed by atoms with E-state index >= 15 is 0 Å². The lowest BCUT2D eigenvalue weighted by atomic mass is 10.1. The van der Waals surface area contributed by atoms with Crippen molar-refractivity contribution >= 4 is 22.6 Å². The molecule has 0 bridgehead atoms. The van der Waals surface area contributed by atoms with Crippen LogP contribution >= 0.6 is 0 Å². The zero-order valence-corrected chi connectivity index (χ0v) is 19.7. The van der Waals surface area contributed by atoms with Gasteiger partial charge in [0.25, 0.3) is 11.5 Å². The van der Waals surface area contributed by atoms with Crippen LogP contribution in [-0.4, -0.2) is 39.7 Å². The van der Waals surface area contributed by atoms with Gasteiger partial charge in [-0.05, 0) is 55.2 Å². The summed E-state index contributed by atoms with van der Waals surface area (Å²) in [6, 6.07) is 12.5. The van der Waals surface area contributed by atoms with Crippen molar-refractivity contribution in [3.63, 3.8) is 0 Å². The minimum absolute atomic E-state index is 0.00469. The number of fused-ring (bicyclic) bond motifs is 2. The van der Waals surface area contributed by atoms with E-state index in [9.17, 15) is 9.59 Å². The van der Waals surface area contributed by atoms with E-state index in [1.165, 1.54) is 10.5 Å². The maximum absolute atomic E-state index is 13.4. The Kier molecular flexibility index (Phi) is 6.08. The lowest BCUT2D eigenvalue weighted by Crippen LogP contribution is -2.36. The molecule has 0 saturated carbocycles. The van der Waals surface area contributed by atoms with Crippen molar-refractivity contribution in [2.24, 2.45) is 0 Å². The number of hydrogen-bond donors (Lipinski definition) is 2. The topological polar surface area (TPSA) is 111 Å². The molecular formula is C26H27N5O4. The molecule has 0 aliphatic carbocycles. The van der Waals surface area contributed by atoms with Gasteiger partial charge in [0.15, 0.2) is 0 Å². The summed E-state index contributed by atoms with van der Waals surface area (Å²) in [7, 11) is 1.60. The van der Waals surface area contributed by atoms with Crippen molar-refractivity contribution in [1.29, 1.82) is 5.41 Å². The molecular weight excluding hydrogens is 446 g/mol. The van der Waals surface area contributed by atoms with Gasteiger partial charge < -0.3 is 19.4 Å². The highest BCUT2D eigenvalue weighted by atomic mass is 16.5. The van der Waals surface area contributed by atoms with Crippen LogP contribution in [0.15, 0.2) is 53.5 Å². The number of rotatable bonds is 6. The number of methoxy groups -OCH3 is 1. The number of pyridine rings is 2. The highest BCUT2D eigenvalue weighted by Gasteiger charge is 2.22. The summed E-state index contributed by atoms with van der Waals surface area (Å²) in [5, 5.41) is 12.0. The Balaban J connectivity index is 1.60. The summed E-state index contributed by atoms with van der Waals surface area (Å²) in [4.78, 5) is 31.4. The molecule has 1 amide bonds. The van der Waals surface area contributed by atoms with Gasteiger partial charge in [0.05, 0.1) is 30.7 Å². The highest BCUT2D eigenvalue weighted by Crippen LogP contribution is 2.18. The number of aromatic nitrogens is 3. The van der Waals surface area contributed by atoms with Crippen LogP contribution in [0.4, 0.5) is 0 Å². The van der Waals surface area contributed by atoms with Crippen LogP contribution in [0.1, 0.15) is 34.3 Å². The predicted octanol–water partition coefficient (Wildman–Crippen LogP) is 2.55. The number of hydrogen-bond acceptors (Lipinski definition) is 6. The quantitative estimate of drug-likeness (QED) is 0.418. The fourth-order valence-corrected chi connectivity index (χ4v) is 4.46. The van der Waals surface area contributed by atoms with Crippen molar-refractivity contribution in [3.8, 4) is 5.75 Å². The molecule has 0 unspecified atom stereocenters. The number of nitrogens with one attached hydrogen (secondary N) is 2. The lowest BCUT2D eigenvalue weighted by molar-refractivity contribution is 0.0931. The first-order valence-corrected chi connectivity index (χ1v) is 11.6. The number of benzene rings is 1. The Bertz CT molecular complexity index is 1530. The van der Waals surface area contributed by atoms with E-state index in [4.69, 9.17) is 19.9 Å². The summed E-state index contributed by atoms with van der Waals surface area (Å²) in [6.45, 7) is 3.18. The van der Waals surface area contributed by atoms with Crippen LogP contribution in [-0.2, 0) is 17.8 Å². The molecule has 1 aliphatic rings. The molecule has 35 heavy (non-hydrogen) atoms. The van der Waals surface area contributed by atoms with E-state index in [0.29, 0.717) is 24.4 Å². The second kappa shape index (κ2) is 9.34. The van der Waals surface area contributed by atoms with Crippen molar-refractivity contribution in [1.82, 2.24) is 19.3 Å². The first-order valence-electron chi connectivity index (χ1n) is 11.6. The average Bonchev–Trinajstić information content (AvgIpc) is 3.39. The molecule has 1 saturated heterocycles. The molecule has 9 nitrogen and oxygen atoms in total. The van der Waals surface area contributed by atoms with E-state index in [0.717, 1.165) is 29.7 Å². The Morgan fingerprint density at radius 2 is 2.06 bits per heavy atom. The first-order chi connectivity index (χ1) is 17.0. The molecule has 1 atom stereocenters. The smallest absolute Gasteiger partial charge is 0.267 e. The van der Waals surface area contributed by atoms with Gasteiger partial charge in [0, 0.05) is 19.3 Å². The fraction of sp³-hybridized carbons (Fsp3) is 0.308. The van der Waals surface area contributed by atoms with E-state index in [2.05, 4.69) is 5.32 Å². The van der Waals surface area contributed by atoms with Crippen LogP contribution in [0, 0.1) is 12.3 Å². The van der Waals surface area contributed by atoms with E-state index in [-0.39, 0.29) is 34.6 Å². The minimum atomic E-state index is -0.428. The molecule has 4 heterocycles. The Morgan fingerprint density at radius 1 is 1.26 bits per heavy atom. The van der Waals surface area contributed by atoms with E-state index < -0.39 is 5.91 Å². The molecule has 0 spiro atoms. The summed E-state index contributed by atoms with van der Waals surface area (Å²) in [5.74, 6) is 0.302. The van der Waals surface area contributed by atoms with Gasteiger partial charge in [-0.2, -0.15) is 0 Å². The highest BCUT2D eigenvalue weighted by molar-refractivity contribution is 5.96. The van der Waals surface area contributed by atoms with Crippen molar-refractivity contribution in [2.75, 3.05) is 13.7 Å². The van der Waals surface area contributed by atoms with Crippen LogP contribution in [0.3, 0.4) is 0 Å².